The van der Waals surface area contributed by atoms with Crippen molar-refractivity contribution < 1.29 is 9.59 Å². The topological polar surface area (TPSA) is 55.9 Å². The van der Waals surface area contributed by atoms with Crippen LogP contribution in [0.25, 0.3) is 0 Å². The fourth-order valence-corrected chi connectivity index (χ4v) is 3.88. The van der Waals surface area contributed by atoms with Gasteiger partial charge in [0.25, 0.3) is 0 Å². The number of nitrogens with one attached hydrogen (secondary N) is 1. The van der Waals surface area contributed by atoms with Crippen LogP contribution >= 0.6 is 0 Å². The highest BCUT2D eigenvalue weighted by Gasteiger charge is 2.33. The van der Waals surface area contributed by atoms with Crippen molar-refractivity contribution in [3.8, 4) is 0 Å². The summed E-state index contributed by atoms with van der Waals surface area (Å²) in [4.78, 5) is 30.9. The zero-order valence-electron chi connectivity index (χ0n) is 16.0. The zero-order chi connectivity index (χ0) is 19.3. The number of carbonyl (C=O) groups is 2. The maximum atomic E-state index is 12.6. The lowest BCUT2D eigenvalue weighted by Crippen LogP contribution is -2.53. The van der Waals surface area contributed by atoms with Crippen LogP contribution in [0.5, 0.6) is 0 Å². The molecular formula is C22H26N4O2. The minimum absolute atomic E-state index is 0.0594. The summed E-state index contributed by atoms with van der Waals surface area (Å²) in [6.45, 7) is 4.59. The Balaban J connectivity index is 1.25. The SMILES string of the molecule is O=C(N[C@H]1CC(=O)N(c2ccccc2)C1)N1CCN(Cc2ccccc2)CC1. The first-order valence-corrected chi connectivity index (χ1v) is 9.86. The Morgan fingerprint density at radius 1 is 0.929 bits per heavy atom. The van der Waals surface area contributed by atoms with Gasteiger partial charge in [-0.2, -0.15) is 0 Å². The van der Waals surface area contributed by atoms with Gasteiger partial charge in [0, 0.05) is 51.4 Å². The summed E-state index contributed by atoms with van der Waals surface area (Å²) in [5.74, 6) is 0.0594. The molecule has 2 heterocycles. The molecular weight excluding hydrogens is 352 g/mol. The maximum absolute atomic E-state index is 12.6. The third-order valence-corrected chi connectivity index (χ3v) is 5.43. The average Bonchev–Trinajstić information content (AvgIpc) is 3.10. The van der Waals surface area contributed by atoms with Crippen LogP contribution in [0.1, 0.15) is 12.0 Å². The fourth-order valence-electron chi connectivity index (χ4n) is 3.88. The highest BCUT2D eigenvalue weighted by atomic mass is 16.2. The lowest BCUT2D eigenvalue weighted by atomic mass is 10.2. The van der Waals surface area contributed by atoms with Crippen LogP contribution in [-0.2, 0) is 11.3 Å². The number of amides is 3. The third kappa shape index (κ3) is 4.34. The van der Waals surface area contributed by atoms with Gasteiger partial charge in [-0.25, -0.2) is 4.79 Å². The number of nitrogens with zero attached hydrogens (tertiary/aromatic N) is 3. The minimum atomic E-state index is -0.137. The summed E-state index contributed by atoms with van der Waals surface area (Å²) in [7, 11) is 0. The highest BCUT2D eigenvalue weighted by molar-refractivity contribution is 5.96. The minimum Gasteiger partial charge on any atom is -0.333 e. The normalized spacial score (nSPS) is 20.4. The molecule has 0 spiro atoms. The van der Waals surface area contributed by atoms with E-state index in [1.165, 1.54) is 5.56 Å². The number of anilines is 1. The molecule has 28 heavy (non-hydrogen) atoms. The molecule has 2 aliphatic heterocycles. The van der Waals surface area contributed by atoms with Crippen molar-refractivity contribution in [3.05, 3.63) is 66.2 Å². The van der Waals surface area contributed by atoms with Crippen molar-refractivity contribution in [1.29, 1.82) is 0 Å². The first kappa shape index (κ1) is 18.5. The number of rotatable bonds is 4. The van der Waals surface area contributed by atoms with E-state index in [0.29, 0.717) is 26.1 Å². The van der Waals surface area contributed by atoms with Crippen LogP contribution in [0.3, 0.4) is 0 Å². The molecule has 0 saturated carbocycles. The number of hydrogen-bond acceptors (Lipinski definition) is 3. The van der Waals surface area contributed by atoms with E-state index in [-0.39, 0.29) is 18.0 Å². The molecule has 6 nitrogen and oxygen atoms in total. The number of hydrogen-bond donors (Lipinski definition) is 1. The van der Waals surface area contributed by atoms with Crippen molar-refractivity contribution in [3.63, 3.8) is 0 Å². The van der Waals surface area contributed by atoms with Crippen LogP contribution in [0.15, 0.2) is 60.7 Å². The maximum Gasteiger partial charge on any atom is 0.317 e. The molecule has 1 N–H and O–H groups in total. The monoisotopic (exact) mass is 378 g/mol. The van der Waals surface area contributed by atoms with Crippen molar-refractivity contribution >= 4 is 17.6 Å². The van der Waals surface area contributed by atoms with Crippen molar-refractivity contribution in [2.45, 2.75) is 19.0 Å². The quantitative estimate of drug-likeness (QED) is 0.888. The van der Waals surface area contributed by atoms with Gasteiger partial charge in [0.15, 0.2) is 0 Å². The first-order chi connectivity index (χ1) is 13.7. The lowest BCUT2D eigenvalue weighted by molar-refractivity contribution is -0.117. The molecule has 4 rings (SSSR count). The standard InChI is InChI=1S/C22H26N4O2/c27-21-15-19(17-26(21)20-9-5-2-6-10-20)23-22(28)25-13-11-24(12-14-25)16-18-7-3-1-4-8-18/h1-10,19H,11-17H2,(H,23,28)/t19-/m0/s1. The Kier molecular flexibility index (Phi) is 5.58. The Morgan fingerprint density at radius 3 is 2.25 bits per heavy atom. The molecule has 0 bridgehead atoms. The number of urea groups is 1. The molecule has 2 aliphatic rings. The predicted molar refractivity (Wildman–Crippen MR) is 109 cm³/mol. The van der Waals surface area contributed by atoms with Crippen LogP contribution in [-0.4, -0.2) is 60.5 Å². The number of para-hydroxylation sites is 1. The van der Waals surface area contributed by atoms with E-state index in [0.717, 1.165) is 25.3 Å². The van der Waals surface area contributed by atoms with Gasteiger partial charge in [-0.1, -0.05) is 48.5 Å². The zero-order valence-corrected chi connectivity index (χ0v) is 16.0. The van der Waals surface area contributed by atoms with Gasteiger partial charge in [-0.05, 0) is 17.7 Å². The van der Waals surface area contributed by atoms with E-state index in [4.69, 9.17) is 0 Å². The largest absolute Gasteiger partial charge is 0.333 e. The Bertz CT molecular complexity index is 804. The number of benzene rings is 2. The van der Waals surface area contributed by atoms with Gasteiger partial charge < -0.3 is 15.1 Å². The van der Waals surface area contributed by atoms with Gasteiger partial charge in [0.2, 0.25) is 5.91 Å². The third-order valence-electron chi connectivity index (χ3n) is 5.43. The second-order valence-corrected chi connectivity index (χ2v) is 7.44. The molecule has 2 saturated heterocycles. The highest BCUT2D eigenvalue weighted by Crippen LogP contribution is 2.21. The molecule has 6 heteroatoms. The Labute approximate surface area is 165 Å². The molecule has 2 fully saturated rings. The van der Waals surface area contributed by atoms with Crippen molar-refractivity contribution in [2.75, 3.05) is 37.6 Å². The van der Waals surface area contributed by atoms with Gasteiger partial charge in [-0.15, -0.1) is 0 Å². The van der Waals surface area contributed by atoms with E-state index in [1.807, 2.05) is 41.3 Å². The van der Waals surface area contributed by atoms with Gasteiger partial charge in [-0.3, -0.25) is 9.69 Å². The molecule has 0 unspecified atom stereocenters. The molecule has 2 aromatic rings. The van der Waals surface area contributed by atoms with Crippen LogP contribution < -0.4 is 10.2 Å². The van der Waals surface area contributed by atoms with Crippen LogP contribution in [0.4, 0.5) is 10.5 Å². The number of carbonyl (C=O) groups excluding carboxylic acids is 2. The van der Waals surface area contributed by atoms with E-state index >= 15 is 0 Å². The van der Waals surface area contributed by atoms with Crippen LogP contribution in [0, 0.1) is 0 Å². The number of piperazine rings is 1. The van der Waals surface area contributed by atoms with Gasteiger partial charge in [0.05, 0.1) is 6.04 Å². The summed E-state index contributed by atoms with van der Waals surface area (Å²) in [5, 5.41) is 3.05. The molecule has 1 atom stereocenters. The molecule has 3 amide bonds. The Hall–Kier alpha value is -2.86. The molecule has 2 aromatic carbocycles. The van der Waals surface area contributed by atoms with E-state index < -0.39 is 0 Å². The summed E-state index contributed by atoms with van der Waals surface area (Å²) in [6, 6.07) is 19.8. The van der Waals surface area contributed by atoms with E-state index in [1.54, 1.807) is 4.90 Å². The molecule has 146 valence electrons. The average molecular weight is 378 g/mol. The molecule has 0 aromatic heterocycles. The summed E-state index contributed by atoms with van der Waals surface area (Å²) in [6.07, 6.45) is 0.356. The summed E-state index contributed by atoms with van der Waals surface area (Å²) >= 11 is 0. The molecule has 0 radical (unpaired) electrons. The summed E-state index contributed by atoms with van der Waals surface area (Å²) in [5.41, 5.74) is 2.18. The van der Waals surface area contributed by atoms with Gasteiger partial charge >= 0.3 is 6.03 Å². The first-order valence-electron chi connectivity index (χ1n) is 9.86. The second-order valence-electron chi connectivity index (χ2n) is 7.44. The van der Waals surface area contributed by atoms with Crippen molar-refractivity contribution in [1.82, 2.24) is 15.1 Å². The summed E-state index contributed by atoms with van der Waals surface area (Å²) < 4.78 is 0. The Morgan fingerprint density at radius 2 is 1.57 bits per heavy atom. The van der Waals surface area contributed by atoms with E-state index in [2.05, 4.69) is 34.5 Å². The van der Waals surface area contributed by atoms with Gasteiger partial charge in [0.1, 0.15) is 0 Å². The lowest BCUT2D eigenvalue weighted by Gasteiger charge is -2.35. The predicted octanol–water partition coefficient (Wildman–Crippen LogP) is 2.32. The van der Waals surface area contributed by atoms with Crippen LogP contribution in [0.2, 0.25) is 0 Å². The smallest absolute Gasteiger partial charge is 0.317 e. The second kappa shape index (κ2) is 8.44. The molecule has 0 aliphatic carbocycles. The fraction of sp³-hybridized carbons (Fsp3) is 0.364. The van der Waals surface area contributed by atoms with E-state index in [9.17, 15) is 9.59 Å². The van der Waals surface area contributed by atoms with Crippen molar-refractivity contribution in [2.24, 2.45) is 0 Å².